The van der Waals surface area contributed by atoms with E-state index in [-0.39, 0.29) is 17.6 Å². The first-order chi connectivity index (χ1) is 14.8. The van der Waals surface area contributed by atoms with E-state index in [9.17, 15) is 19.2 Å². The summed E-state index contributed by atoms with van der Waals surface area (Å²) < 4.78 is 9.86. The van der Waals surface area contributed by atoms with Crippen molar-refractivity contribution in [1.82, 2.24) is 10.3 Å². The Morgan fingerprint density at radius 3 is 2.55 bits per heavy atom. The fourth-order valence-electron chi connectivity index (χ4n) is 3.14. The summed E-state index contributed by atoms with van der Waals surface area (Å²) in [6.45, 7) is 2.92. The average Bonchev–Trinajstić information content (AvgIpc) is 3.51. The maximum Gasteiger partial charge on any atom is 0.355 e. The lowest BCUT2D eigenvalue weighted by molar-refractivity contribution is -0.119. The van der Waals surface area contributed by atoms with Crippen molar-refractivity contribution in [2.75, 3.05) is 19.0 Å². The number of ether oxygens (including phenoxy) is 2. The van der Waals surface area contributed by atoms with Crippen LogP contribution in [-0.4, -0.2) is 48.5 Å². The molecule has 1 heterocycles. The first kappa shape index (κ1) is 22.1. The number of aryl methyl sites for hydroxylation is 1. The van der Waals surface area contributed by atoms with Gasteiger partial charge in [0, 0.05) is 23.0 Å². The van der Waals surface area contributed by atoms with Gasteiger partial charge < -0.3 is 25.1 Å². The Bertz CT molecular complexity index is 1020. The number of aromatic nitrogens is 1. The number of amides is 2. The lowest BCUT2D eigenvalue weighted by atomic mass is 10.1. The monoisotopic (exact) mass is 427 g/mol. The molecule has 1 aromatic heterocycles. The molecule has 0 atom stereocenters. The van der Waals surface area contributed by atoms with E-state index in [1.807, 2.05) is 6.92 Å². The van der Waals surface area contributed by atoms with Gasteiger partial charge in [-0.1, -0.05) is 13.0 Å². The molecule has 1 aromatic carbocycles. The molecule has 1 aliphatic carbocycles. The van der Waals surface area contributed by atoms with Crippen molar-refractivity contribution in [3.63, 3.8) is 0 Å². The van der Waals surface area contributed by atoms with Crippen LogP contribution in [0.15, 0.2) is 24.3 Å². The number of H-pyrrole nitrogens is 1. The van der Waals surface area contributed by atoms with Gasteiger partial charge in [0.1, 0.15) is 5.69 Å². The van der Waals surface area contributed by atoms with Crippen LogP contribution >= 0.6 is 0 Å². The van der Waals surface area contributed by atoms with E-state index in [0.29, 0.717) is 34.5 Å². The van der Waals surface area contributed by atoms with Crippen LogP contribution in [0.3, 0.4) is 0 Å². The number of carbonyl (C=O) groups excluding carboxylic acids is 4. The minimum Gasteiger partial charge on any atom is -0.465 e. The van der Waals surface area contributed by atoms with Crippen molar-refractivity contribution in [3.8, 4) is 0 Å². The Morgan fingerprint density at radius 1 is 1.16 bits per heavy atom. The molecule has 2 aromatic rings. The van der Waals surface area contributed by atoms with Crippen molar-refractivity contribution < 1.29 is 28.7 Å². The molecule has 2 amide bonds. The van der Waals surface area contributed by atoms with Gasteiger partial charge in [-0.2, -0.15) is 0 Å². The number of carbonyl (C=O) groups is 4. The summed E-state index contributed by atoms with van der Waals surface area (Å²) in [6, 6.07) is 6.74. The molecule has 0 radical (unpaired) electrons. The number of nitrogens with one attached hydrogen (secondary N) is 3. The third-order valence-electron chi connectivity index (χ3n) is 4.93. The molecule has 3 rings (SSSR count). The topological polar surface area (TPSA) is 127 Å². The van der Waals surface area contributed by atoms with Gasteiger partial charge in [0.15, 0.2) is 6.61 Å². The summed E-state index contributed by atoms with van der Waals surface area (Å²) in [5, 5.41) is 5.48. The Labute approximate surface area is 179 Å². The van der Waals surface area contributed by atoms with Crippen molar-refractivity contribution in [1.29, 1.82) is 0 Å². The molecule has 0 unspecified atom stereocenters. The molecule has 9 nitrogen and oxygen atoms in total. The number of benzene rings is 1. The third kappa shape index (κ3) is 5.30. The van der Waals surface area contributed by atoms with Crippen LogP contribution in [0.2, 0.25) is 0 Å². The highest BCUT2D eigenvalue weighted by molar-refractivity contribution is 6.00. The maximum absolute atomic E-state index is 12.4. The number of hydrogen-bond acceptors (Lipinski definition) is 6. The zero-order valence-corrected chi connectivity index (χ0v) is 17.7. The highest BCUT2D eigenvalue weighted by atomic mass is 16.5. The molecule has 164 valence electrons. The molecule has 1 aliphatic rings. The Balaban J connectivity index is 1.60. The number of anilines is 1. The van der Waals surface area contributed by atoms with E-state index in [0.717, 1.165) is 12.8 Å². The smallest absolute Gasteiger partial charge is 0.355 e. The second-order valence-corrected chi connectivity index (χ2v) is 7.28. The molecular weight excluding hydrogens is 402 g/mol. The van der Waals surface area contributed by atoms with Crippen LogP contribution in [0.1, 0.15) is 62.2 Å². The van der Waals surface area contributed by atoms with Crippen molar-refractivity contribution in [2.24, 2.45) is 0 Å². The van der Waals surface area contributed by atoms with Crippen molar-refractivity contribution >= 4 is 29.4 Å². The molecule has 1 saturated carbocycles. The van der Waals surface area contributed by atoms with Gasteiger partial charge in [0.05, 0.1) is 12.7 Å². The molecule has 9 heteroatoms. The zero-order valence-electron chi connectivity index (χ0n) is 17.7. The van der Waals surface area contributed by atoms with Gasteiger partial charge >= 0.3 is 11.9 Å². The summed E-state index contributed by atoms with van der Waals surface area (Å²) in [7, 11) is 1.26. The molecule has 0 spiro atoms. The number of hydrogen-bond donors (Lipinski definition) is 3. The molecule has 3 N–H and O–H groups in total. The highest BCUT2D eigenvalue weighted by Gasteiger charge is 2.25. The van der Waals surface area contributed by atoms with Crippen LogP contribution < -0.4 is 10.6 Å². The fourth-order valence-corrected chi connectivity index (χ4v) is 3.14. The largest absolute Gasteiger partial charge is 0.465 e. The zero-order chi connectivity index (χ0) is 22.5. The number of methoxy groups -OCH3 is 1. The summed E-state index contributed by atoms with van der Waals surface area (Å²) in [5.41, 5.74) is 2.21. The summed E-state index contributed by atoms with van der Waals surface area (Å²) in [5.74, 6) is -2.05. The first-order valence-corrected chi connectivity index (χ1v) is 10.0. The van der Waals surface area contributed by atoms with E-state index >= 15 is 0 Å². The SMILES string of the molecule is CCc1[nH]c(C(=O)OCC(=O)Nc2cccc(C(=O)NC3CC3)c2)c(C)c1C(=O)OC. The fraction of sp³-hybridized carbons (Fsp3) is 0.364. The average molecular weight is 427 g/mol. The first-order valence-electron chi connectivity index (χ1n) is 10.0. The van der Waals surface area contributed by atoms with Gasteiger partial charge in [0.25, 0.3) is 11.8 Å². The summed E-state index contributed by atoms with van der Waals surface area (Å²) in [6.07, 6.45) is 2.45. The minimum atomic E-state index is -0.755. The van der Waals surface area contributed by atoms with Gasteiger partial charge in [-0.25, -0.2) is 9.59 Å². The highest BCUT2D eigenvalue weighted by Crippen LogP contribution is 2.21. The van der Waals surface area contributed by atoms with E-state index < -0.39 is 24.5 Å². The molecule has 0 bridgehead atoms. The quantitative estimate of drug-likeness (QED) is 0.555. The van der Waals surface area contributed by atoms with Crippen LogP contribution in [0.4, 0.5) is 5.69 Å². The Hall–Kier alpha value is -3.62. The maximum atomic E-state index is 12.4. The molecular formula is C22H25N3O6. The second kappa shape index (κ2) is 9.46. The number of aromatic amines is 1. The van der Waals surface area contributed by atoms with Crippen molar-refractivity contribution in [2.45, 2.75) is 39.2 Å². The van der Waals surface area contributed by atoms with E-state index in [1.54, 1.807) is 31.2 Å². The normalized spacial score (nSPS) is 12.7. The second-order valence-electron chi connectivity index (χ2n) is 7.28. The lowest BCUT2D eigenvalue weighted by Gasteiger charge is -2.08. The van der Waals surface area contributed by atoms with Crippen LogP contribution in [0.25, 0.3) is 0 Å². The Kier molecular flexibility index (Phi) is 6.74. The van der Waals surface area contributed by atoms with Crippen LogP contribution in [-0.2, 0) is 20.7 Å². The Morgan fingerprint density at radius 2 is 1.90 bits per heavy atom. The molecule has 31 heavy (non-hydrogen) atoms. The molecule has 0 aliphatic heterocycles. The standard InChI is InChI=1S/C22H25N3O6/c1-4-16-18(21(28)30-3)12(2)19(25-16)22(29)31-11-17(26)23-15-7-5-6-13(10-15)20(27)24-14-8-9-14/h5-7,10,14,25H,4,8-9,11H2,1-3H3,(H,23,26)(H,24,27). The van der Waals surface area contributed by atoms with Crippen LogP contribution in [0, 0.1) is 6.92 Å². The van der Waals surface area contributed by atoms with Crippen LogP contribution in [0.5, 0.6) is 0 Å². The van der Waals surface area contributed by atoms with E-state index in [4.69, 9.17) is 9.47 Å². The van der Waals surface area contributed by atoms with Gasteiger partial charge in [-0.05, 0) is 49.9 Å². The summed E-state index contributed by atoms with van der Waals surface area (Å²) >= 11 is 0. The predicted octanol–water partition coefficient (Wildman–Crippen LogP) is 2.36. The third-order valence-corrected chi connectivity index (χ3v) is 4.93. The number of esters is 2. The van der Waals surface area contributed by atoms with Gasteiger partial charge in [-0.3, -0.25) is 9.59 Å². The lowest BCUT2D eigenvalue weighted by Crippen LogP contribution is -2.25. The van der Waals surface area contributed by atoms with E-state index in [1.165, 1.54) is 7.11 Å². The number of rotatable bonds is 8. The van der Waals surface area contributed by atoms with Gasteiger partial charge in [-0.15, -0.1) is 0 Å². The summed E-state index contributed by atoms with van der Waals surface area (Å²) in [4.78, 5) is 51.6. The molecule has 0 saturated heterocycles. The molecule has 1 fully saturated rings. The van der Waals surface area contributed by atoms with Gasteiger partial charge in [0.2, 0.25) is 0 Å². The van der Waals surface area contributed by atoms with Crippen molar-refractivity contribution in [3.05, 3.63) is 52.3 Å². The minimum absolute atomic E-state index is 0.101. The van der Waals surface area contributed by atoms with E-state index in [2.05, 4.69) is 15.6 Å². The predicted molar refractivity (Wildman–Crippen MR) is 112 cm³/mol.